The number of hydrogen-bond acceptors (Lipinski definition) is 14. The second-order valence-electron chi connectivity index (χ2n) is 27.1. The first kappa shape index (κ1) is 103. The summed E-state index contributed by atoms with van der Waals surface area (Å²) in [5, 5.41) is 20.7. The Morgan fingerprint density at radius 2 is 0.468 bits per heavy atom. The van der Waals surface area contributed by atoms with Crippen LogP contribution in [0.25, 0.3) is 0 Å². The molecule has 0 aliphatic carbocycles. The smallest absolute Gasteiger partial charge is 0.463 e. The van der Waals surface area contributed by atoms with E-state index in [0.29, 0.717) is 25.7 Å². The van der Waals surface area contributed by atoms with Crippen LogP contribution in [-0.4, -0.2) is 95.9 Å². The highest BCUT2D eigenvalue weighted by atomic mass is 31.2. The maximum absolute atomic E-state index is 13.0. The topological polar surface area (TPSA) is 231 Å². The molecule has 0 heterocycles. The fourth-order valence-corrected chi connectivity index (χ4v) is 12.2. The van der Waals surface area contributed by atoms with Crippen molar-refractivity contribution in [3.63, 3.8) is 0 Å². The lowest BCUT2D eigenvalue weighted by Gasteiger charge is -2.21. The van der Waals surface area contributed by atoms with Crippen molar-refractivity contribution in [1.82, 2.24) is 0 Å². The van der Waals surface area contributed by atoms with E-state index in [-0.39, 0.29) is 19.3 Å². The molecule has 18 heteroatoms. The average Bonchev–Trinajstić information content (AvgIpc) is 0.868. The minimum atomic E-state index is -4.96. The fraction of sp³-hybridized carbons (Fsp3) is 0.615. The van der Waals surface area contributed by atoms with E-state index in [9.17, 15) is 43.5 Å². The fourth-order valence-electron chi connectivity index (χ4n) is 10.6. The van der Waals surface area contributed by atoms with Crippen LogP contribution >= 0.6 is 15.6 Å². The Labute approximate surface area is 661 Å². The molecule has 0 saturated carbocycles. The molecule has 0 fully saturated rings. The number of ether oxygens (including phenoxy) is 3. The first-order valence-electron chi connectivity index (χ1n) is 41.7. The Kier molecular flexibility index (Phi) is 77.7. The quantitative estimate of drug-likeness (QED) is 0.0146. The van der Waals surface area contributed by atoms with Crippen LogP contribution < -0.4 is 0 Å². The van der Waals surface area contributed by atoms with Gasteiger partial charge in [0.2, 0.25) is 0 Å². The maximum Gasteiger partial charge on any atom is 0.472 e. The SMILES string of the molecule is CC/C=C\C/C=C\C/C=C\C/C=C\C/C=C\C/C=C\CCCCCCC(=O)OCC(COP(=O)(O)OCC(O)COP(=O)(O)OCC(O)COC(=O)CCCCCCCCCCCCCCCCCCC/C=C\C/C=C\C/C=C\C/C=C\C/C=C\CC)OC(=O)CCC/C=C\C/C=C\C/C=C\C/C=C\C/C=C\CC. The molecule has 0 spiro atoms. The highest BCUT2D eigenvalue weighted by Gasteiger charge is 2.29. The van der Waals surface area contributed by atoms with Gasteiger partial charge in [-0.2, -0.15) is 0 Å². The molecule has 0 aliphatic heterocycles. The number of unbranched alkanes of at least 4 members (excludes halogenated alkanes) is 22. The van der Waals surface area contributed by atoms with E-state index < -0.39 is 91.5 Å². The van der Waals surface area contributed by atoms with Crippen LogP contribution in [0.2, 0.25) is 0 Å². The first-order chi connectivity index (χ1) is 53.2. The van der Waals surface area contributed by atoms with Gasteiger partial charge in [-0.05, 0) is 154 Å². The summed E-state index contributed by atoms with van der Waals surface area (Å²) < 4.78 is 61.1. The molecule has 0 bridgehead atoms. The molecule has 109 heavy (non-hydrogen) atoms. The van der Waals surface area contributed by atoms with E-state index in [2.05, 4.69) is 203 Å². The molecular formula is C91H148O16P2. The molecule has 0 aromatic carbocycles. The first-order valence-corrected chi connectivity index (χ1v) is 44.7. The van der Waals surface area contributed by atoms with E-state index in [1.165, 1.54) is 89.9 Å². The molecule has 0 amide bonds. The van der Waals surface area contributed by atoms with Crippen LogP contribution in [0.5, 0.6) is 0 Å². The molecule has 16 nitrogen and oxygen atoms in total. The number of aliphatic hydroxyl groups excluding tert-OH is 2. The Morgan fingerprint density at radius 1 is 0.257 bits per heavy atom. The summed E-state index contributed by atoms with van der Waals surface area (Å²) in [6, 6.07) is 0. The van der Waals surface area contributed by atoms with Crippen molar-refractivity contribution in [2.45, 2.75) is 322 Å². The number of aliphatic hydroxyl groups is 2. The summed E-state index contributed by atoms with van der Waals surface area (Å²) in [7, 11) is -9.84. The summed E-state index contributed by atoms with van der Waals surface area (Å²) >= 11 is 0. The van der Waals surface area contributed by atoms with Crippen LogP contribution in [0.4, 0.5) is 0 Å². The minimum absolute atomic E-state index is 0.0129. The third kappa shape index (κ3) is 83.2. The number of allylic oxidation sites excluding steroid dienone is 32. The van der Waals surface area contributed by atoms with Gasteiger partial charge in [0, 0.05) is 19.3 Å². The monoisotopic (exact) mass is 1560 g/mol. The second kappa shape index (κ2) is 81.9. The van der Waals surface area contributed by atoms with E-state index in [4.69, 9.17) is 32.3 Å². The minimum Gasteiger partial charge on any atom is -0.463 e. The van der Waals surface area contributed by atoms with Crippen LogP contribution in [-0.2, 0) is 55.8 Å². The van der Waals surface area contributed by atoms with Crippen molar-refractivity contribution in [3.05, 3.63) is 194 Å². The Hall–Kier alpha value is -5.61. The highest BCUT2D eigenvalue weighted by molar-refractivity contribution is 7.47. The molecule has 4 N–H and O–H groups in total. The van der Waals surface area contributed by atoms with E-state index >= 15 is 0 Å². The Bertz CT molecular complexity index is 2760. The highest BCUT2D eigenvalue weighted by Crippen LogP contribution is 2.45. The zero-order valence-electron chi connectivity index (χ0n) is 67.6. The third-order valence-electron chi connectivity index (χ3n) is 16.8. The molecule has 5 unspecified atom stereocenters. The molecule has 0 aliphatic rings. The average molecular weight is 1560 g/mol. The van der Waals surface area contributed by atoms with Crippen LogP contribution in [0.1, 0.15) is 303 Å². The molecule has 0 saturated heterocycles. The van der Waals surface area contributed by atoms with Crippen LogP contribution in [0.15, 0.2) is 194 Å². The van der Waals surface area contributed by atoms with Gasteiger partial charge in [0.05, 0.1) is 26.4 Å². The van der Waals surface area contributed by atoms with Crippen molar-refractivity contribution < 1.29 is 75.8 Å². The van der Waals surface area contributed by atoms with Crippen molar-refractivity contribution in [2.24, 2.45) is 0 Å². The number of carbonyl (C=O) groups is 3. The lowest BCUT2D eigenvalue weighted by molar-refractivity contribution is -0.161. The largest absolute Gasteiger partial charge is 0.472 e. The lowest BCUT2D eigenvalue weighted by atomic mass is 10.0. The predicted molar refractivity (Wildman–Crippen MR) is 454 cm³/mol. The maximum atomic E-state index is 13.0. The predicted octanol–water partition coefficient (Wildman–Crippen LogP) is 25.1. The van der Waals surface area contributed by atoms with Crippen molar-refractivity contribution >= 4 is 33.6 Å². The standard InChI is InChI=1S/C91H148O16P2/c1-4-7-10-13-16-19-22-25-28-31-33-35-37-38-39-40-41-42-43-44-45-46-48-50-51-54-56-59-62-65-68-71-74-77-89(94)101-80-86(92)81-103-108(97,98)104-82-87(93)83-105-109(99,100)106-85-88(107-91(96)79-76-73-70-67-64-61-58-53-30-27-24-21-18-15-12-9-6-3)84-102-90(95)78-75-72-69-66-63-60-57-55-52-49-47-36-34-32-29-26-23-20-17-14-11-8-5-2/h7-12,16-21,25-30,33-36,38-39,49,52,57-58,60-61,67,70,86-88,92-93H,4-6,13-15,22-24,31-32,37,40-48,50-51,53-56,59,62-66,68-69,71-85H2,1-3H3,(H,97,98)(H,99,100)/b10-7-,11-8-,12-9-,19-16-,20-17-,21-18-,28-25-,29-26-,30-27-,35-33-,36-34-,39-38-,52-49-,60-57-,61-58-,70-67-. The van der Waals surface area contributed by atoms with E-state index in [1.54, 1.807) is 0 Å². The van der Waals surface area contributed by atoms with Gasteiger partial charge in [0.25, 0.3) is 0 Å². The number of rotatable bonds is 77. The molecule has 0 rings (SSSR count). The summed E-state index contributed by atoms with van der Waals surface area (Å²) in [6.07, 6.45) is 108. The summed E-state index contributed by atoms with van der Waals surface area (Å²) in [5.41, 5.74) is 0. The number of esters is 3. The van der Waals surface area contributed by atoms with Crippen LogP contribution in [0.3, 0.4) is 0 Å². The summed E-state index contributed by atoms with van der Waals surface area (Å²) in [5.74, 6) is -1.68. The number of phosphoric acid groups is 2. The van der Waals surface area contributed by atoms with Crippen molar-refractivity contribution in [2.75, 3.05) is 39.6 Å². The van der Waals surface area contributed by atoms with E-state index in [0.717, 1.165) is 148 Å². The molecule has 5 atom stereocenters. The van der Waals surface area contributed by atoms with Gasteiger partial charge in [-0.1, -0.05) is 324 Å². The van der Waals surface area contributed by atoms with Gasteiger partial charge in [-0.3, -0.25) is 32.5 Å². The summed E-state index contributed by atoms with van der Waals surface area (Å²) in [4.78, 5) is 58.7. The number of phosphoric ester groups is 2. The number of carbonyl (C=O) groups excluding carboxylic acids is 3. The van der Waals surface area contributed by atoms with Crippen molar-refractivity contribution in [3.8, 4) is 0 Å². The third-order valence-corrected chi connectivity index (χ3v) is 18.7. The number of hydrogen-bond donors (Lipinski definition) is 4. The van der Waals surface area contributed by atoms with E-state index in [1.807, 2.05) is 12.2 Å². The molecule has 618 valence electrons. The normalized spacial score (nSPS) is 14.9. The zero-order chi connectivity index (χ0) is 79.4. The summed E-state index contributed by atoms with van der Waals surface area (Å²) in [6.45, 7) is 2.23. The van der Waals surface area contributed by atoms with Gasteiger partial charge in [0.15, 0.2) is 6.10 Å². The lowest BCUT2D eigenvalue weighted by Crippen LogP contribution is -2.30. The van der Waals surface area contributed by atoms with Gasteiger partial charge in [-0.25, -0.2) is 9.13 Å². The molecule has 0 radical (unpaired) electrons. The molecule has 0 aromatic rings. The van der Waals surface area contributed by atoms with Gasteiger partial charge >= 0.3 is 33.6 Å². The van der Waals surface area contributed by atoms with Gasteiger partial charge in [0.1, 0.15) is 25.4 Å². The van der Waals surface area contributed by atoms with Gasteiger partial charge in [-0.15, -0.1) is 0 Å². The Morgan fingerprint density at radius 3 is 0.752 bits per heavy atom. The zero-order valence-corrected chi connectivity index (χ0v) is 69.4. The second-order valence-corrected chi connectivity index (χ2v) is 30.0. The molecule has 0 aromatic heterocycles. The van der Waals surface area contributed by atoms with Gasteiger partial charge < -0.3 is 34.2 Å². The van der Waals surface area contributed by atoms with Crippen molar-refractivity contribution in [1.29, 1.82) is 0 Å². The van der Waals surface area contributed by atoms with Crippen LogP contribution in [0, 0.1) is 0 Å². The molecular weight excluding hydrogens is 1410 g/mol. The Balaban J connectivity index is 4.57.